The van der Waals surface area contributed by atoms with Gasteiger partial charge in [0.25, 0.3) is 0 Å². The molecular weight excluding hydrogens is 494 g/mol. The van der Waals surface area contributed by atoms with Crippen molar-refractivity contribution in [3.05, 3.63) is 54.1 Å². The number of carboxylic acids is 1. The van der Waals surface area contributed by atoms with E-state index in [9.17, 15) is 9.59 Å². The predicted octanol–water partition coefficient (Wildman–Crippen LogP) is 4.96. The van der Waals surface area contributed by atoms with E-state index in [0.29, 0.717) is 58.3 Å². The molecule has 0 spiro atoms. The van der Waals surface area contributed by atoms with Crippen molar-refractivity contribution in [2.45, 2.75) is 46.1 Å². The molecule has 0 heterocycles. The van der Waals surface area contributed by atoms with Gasteiger partial charge in [0.15, 0.2) is 0 Å². The molecule has 0 fully saturated rings. The number of ether oxygens (including phenoxy) is 2. The summed E-state index contributed by atoms with van der Waals surface area (Å²) in [5.74, 6) is -0.212. The highest BCUT2D eigenvalue weighted by atomic mass is 28.4. The van der Waals surface area contributed by atoms with E-state index in [1.54, 1.807) is 6.08 Å². The third-order valence-electron chi connectivity index (χ3n) is 5.30. The van der Waals surface area contributed by atoms with Gasteiger partial charge in [-0.1, -0.05) is 30.3 Å². The fraction of sp³-hybridized carbons (Fsp3) is 0.481. The minimum Gasteiger partial charge on any atom is -0.493 e. The van der Waals surface area contributed by atoms with Crippen molar-refractivity contribution < 1.29 is 37.4 Å². The minimum atomic E-state index is -2.70. The largest absolute Gasteiger partial charge is 0.500 e. The van der Waals surface area contributed by atoms with Crippen LogP contribution >= 0.6 is 0 Å². The number of hydrogen-bond donors (Lipinski definition) is 2. The van der Waals surface area contributed by atoms with E-state index in [2.05, 4.69) is 5.32 Å². The number of allylic oxidation sites excluding steroid dienone is 1. The van der Waals surface area contributed by atoms with Crippen molar-refractivity contribution in [2.24, 2.45) is 0 Å². The lowest BCUT2D eigenvalue weighted by atomic mass is 10.0. The molecule has 0 aliphatic heterocycles. The van der Waals surface area contributed by atoms with Crippen molar-refractivity contribution in [1.82, 2.24) is 5.32 Å². The van der Waals surface area contributed by atoms with Crippen LogP contribution in [0.4, 0.5) is 4.79 Å². The molecule has 37 heavy (non-hydrogen) atoms. The Morgan fingerprint density at radius 3 is 2.27 bits per heavy atom. The molecule has 10 heteroatoms. The van der Waals surface area contributed by atoms with Gasteiger partial charge in [0, 0.05) is 44.9 Å². The lowest BCUT2D eigenvalue weighted by Crippen LogP contribution is -2.46. The predicted molar refractivity (Wildman–Crippen MR) is 144 cm³/mol. The Balaban J connectivity index is 1.66. The summed E-state index contributed by atoms with van der Waals surface area (Å²) in [5, 5.41) is 13.5. The molecule has 0 atom stereocenters. The summed E-state index contributed by atoms with van der Waals surface area (Å²) >= 11 is 0. The molecule has 0 aliphatic carbocycles. The normalized spacial score (nSPS) is 11.6. The smallest absolute Gasteiger partial charge is 0.493 e. The number of aliphatic carboxylic acids is 1. The van der Waals surface area contributed by atoms with Crippen LogP contribution in [0.25, 0.3) is 10.8 Å². The van der Waals surface area contributed by atoms with Gasteiger partial charge in [0.05, 0.1) is 13.2 Å². The van der Waals surface area contributed by atoms with Crippen LogP contribution < -0.4 is 10.1 Å². The van der Waals surface area contributed by atoms with Gasteiger partial charge in [-0.3, -0.25) is 0 Å². The van der Waals surface area contributed by atoms with E-state index in [-0.39, 0.29) is 6.61 Å². The summed E-state index contributed by atoms with van der Waals surface area (Å²) in [6.45, 7) is 8.45. The van der Waals surface area contributed by atoms with Crippen molar-refractivity contribution in [2.75, 3.05) is 39.6 Å². The fourth-order valence-corrected chi connectivity index (χ4v) is 6.36. The average molecular weight is 534 g/mol. The lowest BCUT2D eigenvalue weighted by molar-refractivity contribution is -0.131. The van der Waals surface area contributed by atoms with Crippen molar-refractivity contribution in [1.29, 1.82) is 0 Å². The summed E-state index contributed by atoms with van der Waals surface area (Å²) in [5.41, 5.74) is 1.04. The molecule has 0 unspecified atom stereocenters. The highest BCUT2D eigenvalue weighted by Gasteiger charge is 2.39. The first-order valence-electron chi connectivity index (χ1n) is 12.8. The molecule has 2 aromatic carbocycles. The molecule has 1 amide bonds. The number of amides is 1. The van der Waals surface area contributed by atoms with Crippen molar-refractivity contribution in [3.63, 3.8) is 0 Å². The number of carbonyl (C=O) groups is 2. The number of rotatable bonds is 18. The topological polar surface area (TPSA) is 113 Å². The first kappa shape index (κ1) is 30.3. The van der Waals surface area contributed by atoms with Crippen LogP contribution in [0, 0.1) is 0 Å². The van der Waals surface area contributed by atoms with E-state index in [0.717, 1.165) is 28.2 Å². The van der Waals surface area contributed by atoms with Crippen LogP contribution in [0.15, 0.2) is 48.6 Å². The maximum atomic E-state index is 12.0. The zero-order valence-corrected chi connectivity index (χ0v) is 23.0. The lowest BCUT2D eigenvalue weighted by Gasteiger charge is -2.28. The highest BCUT2D eigenvalue weighted by molar-refractivity contribution is 6.60. The van der Waals surface area contributed by atoms with E-state index in [1.165, 1.54) is 0 Å². The summed E-state index contributed by atoms with van der Waals surface area (Å²) in [6.07, 6.45) is 4.11. The third-order valence-corrected chi connectivity index (χ3v) is 8.45. The van der Waals surface area contributed by atoms with Gasteiger partial charge in [-0.25, -0.2) is 9.59 Å². The number of nitrogens with one attached hydrogen (secondary N) is 1. The average Bonchev–Trinajstić information content (AvgIpc) is 2.87. The van der Waals surface area contributed by atoms with Crippen LogP contribution in [0.1, 0.15) is 39.2 Å². The molecule has 0 radical (unpaired) electrons. The zero-order chi connectivity index (χ0) is 26.9. The van der Waals surface area contributed by atoms with Gasteiger partial charge >= 0.3 is 20.9 Å². The number of benzene rings is 2. The van der Waals surface area contributed by atoms with Crippen LogP contribution in [-0.4, -0.2) is 65.6 Å². The number of fused-ring (bicyclic) bond motifs is 1. The SMILES string of the molecule is CCO[Si](CCCNC(=O)OCCCOc1ccc2cc(CC=CC(=O)O)ccc2c1)(OCC)OCC. The Kier molecular flexibility index (Phi) is 13.7. The first-order chi connectivity index (χ1) is 17.9. The summed E-state index contributed by atoms with van der Waals surface area (Å²) in [4.78, 5) is 22.6. The molecule has 204 valence electrons. The molecule has 0 saturated carbocycles. The Morgan fingerprint density at radius 2 is 1.59 bits per heavy atom. The van der Waals surface area contributed by atoms with Gasteiger partial charge in [-0.2, -0.15) is 0 Å². The van der Waals surface area contributed by atoms with E-state index >= 15 is 0 Å². The molecule has 0 aliphatic rings. The molecule has 0 saturated heterocycles. The van der Waals surface area contributed by atoms with Crippen molar-refractivity contribution >= 4 is 31.6 Å². The standard InChI is InChI=1S/C27H39NO8Si/c1-4-34-37(35-5-2,36-6-3)19-8-16-28-27(31)33-18-9-17-32-25-15-14-23-20-22(10-7-11-26(29)30)12-13-24(23)21-25/h7,11-15,20-21H,4-6,8-10,16-19H2,1-3H3,(H,28,31)(H,29,30). The second-order valence-electron chi connectivity index (χ2n) is 8.14. The molecule has 0 bridgehead atoms. The Labute approximate surface area is 220 Å². The number of hydrogen-bond acceptors (Lipinski definition) is 7. The van der Waals surface area contributed by atoms with Gasteiger partial charge < -0.3 is 33.2 Å². The summed E-state index contributed by atoms with van der Waals surface area (Å²) in [7, 11) is -2.70. The Hall–Kier alpha value is -2.92. The van der Waals surface area contributed by atoms with E-state index in [4.69, 9.17) is 27.9 Å². The first-order valence-corrected chi connectivity index (χ1v) is 14.7. The fourth-order valence-electron chi connectivity index (χ4n) is 3.75. The van der Waals surface area contributed by atoms with Gasteiger partial charge in [-0.05, 0) is 62.1 Å². The molecule has 9 nitrogen and oxygen atoms in total. The van der Waals surface area contributed by atoms with Gasteiger partial charge in [0.2, 0.25) is 0 Å². The second-order valence-corrected chi connectivity index (χ2v) is 10.9. The Morgan fingerprint density at radius 1 is 0.919 bits per heavy atom. The monoisotopic (exact) mass is 533 g/mol. The molecular formula is C27H39NO8Si. The van der Waals surface area contributed by atoms with Crippen LogP contribution in [0.2, 0.25) is 6.04 Å². The quantitative estimate of drug-likeness (QED) is 0.157. The van der Waals surface area contributed by atoms with Gasteiger partial charge in [0.1, 0.15) is 5.75 Å². The van der Waals surface area contributed by atoms with E-state index in [1.807, 2.05) is 57.2 Å². The highest BCUT2D eigenvalue weighted by Crippen LogP contribution is 2.23. The Bertz CT molecular complexity index is 996. The maximum absolute atomic E-state index is 12.0. The number of carboxylic acid groups (broad SMARTS) is 1. The van der Waals surface area contributed by atoms with Crippen LogP contribution in [0.3, 0.4) is 0 Å². The second kappa shape index (κ2) is 16.7. The molecule has 2 rings (SSSR count). The third kappa shape index (κ3) is 11.3. The van der Waals surface area contributed by atoms with Crippen molar-refractivity contribution in [3.8, 4) is 5.75 Å². The summed E-state index contributed by atoms with van der Waals surface area (Å²) < 4.78 is 28.5. The van der Waals surface area contributed by atoms with Gasteiger partial charge in [-0.15, -0.1) is 0 Å². The zero-order valence-electron chi connectivity index (χ0n) is 22.0. The van der Waals surface area contributed by atoms with Crippen LogP contribution in [0.5, 0.6) is 5.75 Å². The number of alkyl carbamates (subject to hydrolysis) is 1. The molecule has 2 aromatic rings. The minimum absolute atomic E-state index is 0.252. The van der Waals surface area contributed by atoms with E-state index < -0.39 is 20.9 Å². The number of carbonyl (C=O) groups excluding carboxylic acids is 1. The molecule has 2 N–H and O–H groups in total. The van der Waals surface area contributed by atoms with Crippen LogP contribution in [-0.2, 0) is 29.2 Å². The maximum Gasteiger partial charge on any atom is 0.500 e. The summed E-state index contributed by atoms with van der Waals surface area (Å²) in [6, 6.07) is 12.4. The molecule has 0 aromatic heterocycles.